The summed E-state index contributed by atoms with van der Waals surface area (Å²) in [5.41, 5.74) is -1.59. The van der Waals surface area contributed by atoms with Gasteiger partial charge in [0.05, 0.1) is 18.6 Å². The van der Waals surface area contributed by atoms with E-state index >= 15 is 4.39 Å². The van der Waals surface area contributed by atoms with Gasteiger partial charge in [0.25, 0.3) is 10.2 Å². The Morgan fingerprint density at radius 2 is 1.79 bits per heavy atom. The number of hydrogen-bond donors (Lipinski definition) is 4. The van der Waals surface area contributed by atoms with Gasteiger partial charge in [-0.05, 0) is 50.7 Å². The topological polar surface area (TPSA) is 278 Å². The van der Waals surface area contributed by atoms with Crippen molar-refractivity contribution in [3.8, 4) is 0 Å². The average molecular weight is 674 g/mol. The monoisotopic (exact) mass is 673 g/mol. The average Bonchev–Trinajstić information content (AvgIpc) is 3.19. The number of aliphatic hydroxyl groups excluding tert-OH is 2. The predicted molar refractivity (Wildman–Crippen MR) is 149 cm³/mol. The predicted octanol–water partition coefficient (Wildman–Crippen LogP) is -0.783. The standard InChI is InChI=1S/C28H36FN3O15/c1-25-6-5-15(33)7-14(25)3-4-17-18-8-20(34)28(39,26(18,2)10-21(35)27(17,25)29)22(36)13-44-23(37)9-19(30)24(38)45-11-16(47-32(42)43)12-46-31(40)41/h5-7,16-21,34-35,39H,3-4,8-13,30H2,1-2H3/t16?,17-,18-,19?,20-,21-,25-,26-,27-,28-/m0/s1. The zero-order chi connectivity index (χ0) is 35.1. The molecule has 4 aliphatic rings. The second-order valence-corrected chi connectivity index (χ2v) is 12.8. The first-order valence-electron chi connectivity index (χ1n) is 14.7. The number of aliphatic hydroxyl groups is 3. The Morgan fingerprint density at radius 3 is 2.43 bits per heavy atom. The van der Waals surface area contributed by atoms with Crippen LogP contribution in [0.25, 0.3) is 0 Å². The van der Waals surface area contributed by atoms with Crippen LogP contribution in [0.3, 0.4) is 0 Å². The number of rotatable bonds is 13. The van der Waals surface area contributed by atoms with Crippen molar-refractivity contribution < 1.29 is 68.2 Å². The van der Waals surface area contributed by atoms with Crippen molar-refractivity contribution in [3.63, 3.8) is 0 Å². The van der Waals surface area contributed by atoms with Crippen molar-refractivity contribution in [1.82, 2.24) is 0 Å². The fraction of sp³-hybridized carbons (Fsp3) is 0.714. The highest BCUT2D eigenvalue weighted by Gasteiger charge is 2.76. The van der Waals surface area contributed by atoms with Crippen LogP contribution in [-0.2, 0) is 38.3 Å². The first-order chi connectivity index (χ1) is 21.8. The molecule has 3 fully saturated rings. The van der Waals surface area contributed by atoms with Gasteiger partial charge in [-0.15, -0.1) is 20.2 Å². The lowest BCUT2D eigenvalue weighted by Crippen LogP contribution is -2.69. The third-order valence-corrected chi connectivity index (χ3v) is 10.4. The highest BCUT2D eigenvalue weighted by molar-refractivity contribution is 6.01. The fourth-order valence-corrected chi connectivity index (χ4v) is 7.96. The quantitative estimate of drug-likeness (QED) is 0.106. The van der Waals surface area contributed by atoms with Crippen LogP contribution in [0.1, 0.15) is 46.0 Å². The molecule has 5 N–H and O–H groups in total. The number of carbonyl (C=O) groups is 4. The van der Waals surface area contributed by atoms with Gasteiger partial charge in [-0.1, -0.05) is 18.6 Å². The van der Waals surface area contributed by atoms with E-state index in [0.717, 1.165) is 0 Å². The van der Waals surface area contributed by atoms with Crippen LogP contribution in [0.15, 0.2) is 23.8 Å². The van der Waals surface area contributed by atoms with E-state index in [0.29, 0.717) is 12.0 Å². The van der Waals surface area contributed by atoms with Crippen molar-refractivity contribution in [1.29, 1.82) is 0 Å². The van der Waals surface area contributed by atoms with Crippen molar-refractivity contribution in [2.45, 2.75) is 81.6 Å². The molecule has 0 aromatic heterocycles. The minimum Gasteiger partial charge on any atom is -0.462 e. The molecule has 2 unspecified atom stereocenters. The molecule has 4 rings (SSSR count). The lowest BCUT2D eigenvalue weighted by Gasteiger charge is -2.62. The molecule has 260 valence electrons. The van der Waals surface area contributed by atoms with Crippen LogP contribution in [0.4, 0.5) is 4.39 Å². The molecule has 0 amide bonds. The molecule has 4 aliphatic carbocycles. The summed E-state index contributed by atoms with van der Waals surface area (Å²) in [6.07, 6.45) is -2.08. The molecule has 47 heavy (non-hydrogen) atoms. The number of nitrogens with zero attached hydrogens (tertiary/aromatic N) is 2. The summed E-state index contributed by atoms with van der Waals surface area (Å²) in [6.45, 7) is 0.103. The Morgan fingerprint density at radius 1 is 1.11 bits per heavy atom. The van der Waals surface area contributed by atoms with Crippen LogP contribution in [0.2, 0.25) is 0 Å². The maximum Gasteiger partial charge on any atom is 0.323 e. The van der Waals surface area contributed by atoms with Gasteiger partial charge < -0.3 is 40.2 Å². The Balaban J connectivity index is 1.39. The number of alkyl halides is 1. The highest BCUT2D eigenvalue weighted by atomic mass is 19.1. The number of esters is 2. The number of allylic oxidation sites excluding steroid dienone is 4. The van der Waals surface area contributed by atoms with Crippen LogP contribution in [-0.4, -0.2) is 104 Å². The maximum atomic E-state index is 17.2. The zero-order valence-corrected chi connectivity index (χ0v) is 25.4. The summed E-state index contributed by atoms with van der Waals surface area (Å²) in [6, 6.07) is -1.71. The molecular formula is C28H36FN3O15. The molecule has 18 nitrogen and oxygen atoms in total. The van der Waals surface area contributed by atoms with E-state index in [2.05, 4.69) is 9.68 Å². The highest BCUT2D eigenvalue weighted by Crippen LogP contribution is 2.69. The Hall–Kier alpha value is -4.07. The van der Waals surface area contributed by atoms with E-state index in [1.54, 1.807) is 6.92 Å². The molecule has 19 heteroatoms. The zero-order valence-electron chi connectivity index (χ0n) is 25.4. The maximum absolute atomic E-state index is 17.2. The lowest BCUT2D eigenvalue weighted by molar-refractivity contribution is -0.790. The molecule has 0 aromatic carbocycles. The van der Waals surface area contributed by atoms with Crippen LogP contribution in [0.5, 0.6) is 0 Å². The number of Topliss-reactive ketones (excluding diaryl/α,β-unsaturated/α-hetero) is 1. The van der Waals surface area contributed by atoms with Gasteiger partial charge in [0.1, 0.15) is 19.3 Å². The van der Waals surface area contributed by atoms with Crippen molar-refractivity contribution >= 4 is 23.5 Å². The first kappa shape index (κ1) is 35.8. The Kier molecular flexibility index (Phi) is 9.78. The number of fused-ring (bicyclic) bond motifs is 5. The van der Waals surface area contributed by atoms with E-state index in [9.17, 15) is 54.7 Å². The smallest absolute Gasteiger partial charge is 0.323 e. The van der Waals surface area contributed by atoms with E-state index < -0.39 is 119 Å². The number of ketones is 2. The molecule has 0 aliphatic heterocycles. The van der Waals surface area contributed by atoms with Crippen molar-refractivity contribution in [3.05, 3.63) is 44.0 Å². The summed E-state index contributed by atoms with van der Waals surface area (Å²) in [4.78, 5) is 79.0. The number of carbonyl (C=O) groups excluding carboxylic acids is 4. The molecule has 10 atom stereocenters. The second-order valence-electron chi connectivity index (χ2n) is 12.8. The summed E-state index contributed by atoms with van der Waals surface area (Å²) in [7, 11) is 0. The van der Waals surface area contributed by atoms with E-state index in [1.165, 1.54) is 25.2 Å². The lowest BCUT2D eigenvalue weighted by atomic mass is 9.44. The van der Waals surface area contributed by atoms with Gasteiger partial charge in [0.15, 0.2) is 29.8 Å². The summed E-state index contributed by atoms with van der Waals surface area (Å²) in [5.74, 6) is -5.62. The van der Waals surface area contributed by atoms with Crippen molar-refractivity contribution in [2.24, 2.45) is 28.4 Å². The fourth-order valence-electron chi connectivity index (χ4n) is 7.96. The molecule has 0 spiro atoms. The van der Waals surface area contributed by atoms with Crippen LogP contribution >= 0.6 is 0 Å². The molecule has 0 heterocycles. The van der Waals surface area contributed by atoms with Crippen LogP contribution in [0, 0.1) is 42.9 Å². The third kappa shape index (κ3) is 6.07. The number of ether oxygens (including phenoxy) is 2. The normalized spacial score (nSPS) is 36.8. The molecule has 0 saturated heterocycles. The molecule has 0 aromatic rings. The van der Waals surface area contributed by atoms with Crippen molar-refractivity contribution in [2.75, 3.05) is 19.8 Å². The van der Waals surface area contributed by atoms with E-state index in [1.807, 2.05) is 0 Å². The molecule has 0 radical (unpaired) electrons. The van der Waals surface area contributed by atoms with E-state index in [4.69, 9.17) is 15.2 Å². The Labute approximate surface area is 265 Å². The van der Waals surface area contributed by atoms with Gasteiger partial charge in [-0.25, -0.2) is 4.39 Å². The van der Waals surface area contributed by atoms with E-state index in [-0.39, 0.29) is 18.6 Å². The molecular weight excluding hydrogens is 637 g/mol. The number of hydrogen-bond acceptors (Lipinski definition) is 16. The van der Waals surface area contributed by atoms with Gasteiger partial charge in [-0.2, -0.15) is 0 Å². The minimum absolute atomic E-state index is 0.179. The largest absolute Gasteiger partial charge is 0.462 e. The first-order valence-corrected chi connectivity index (χ1v) is 14.7. The second kappa shape index (κ2) is 12.9. The molecule has 0 bridgehead atoms. The summed E-state index contributed by atoms with van der Waals surface area (Å²) < 4.78 is 26.8. The minimum atomic E-state index is -2.56. The SMILES string of the molecule is C[C@]12C=CC(=O)C=C1CC[C@H]1[C@@H]3C[C@H](O)[C@](O)(C(=O)COC(=O)CC(N)C(=O)OCC(CO[N+](=O)[O-])O[N+](=O)[O-])[C@@]3(C)C[C@H](O)[C@@]12F. The third-order valence-electron chi connectivity index (χ3n) is 10.4. The number of halogens is 1. The summed E-state index contributed by atoms with van der Waals surface area (Å²) >= 11 is 0. The van der Waals surface area contributed by atoms with Gasteiger partial charge >= 0.3 is 11.9 Å². The summed E-state index contributed by atoms with van der Waals surface area (Å²) in [5, 5.41) is 52.4. The molecule has 3 saturated carbocycles. The van der Waals surface area contributed by atoms with Gasteiger partial charge in [-0.3, -0.25) is 19.2 Å². The van der Waals surface area contributed by atoms with Crippen LogP contribution < -0.4 is 5.73 Å². The number of nitrogens with two attached hydrogens (primary N) is 1. The van der Waals surface area contributed by atoms with Gasteiger partial charge in [0, 0.05) is 16.7 Å². The Bertz CT molecular complexity index is 1410. The van der Waals surface area contributed by atoms with Gasteiger partial charge in [0.2, 0.25) is 5.78 Å².